The van der Waals surface area contributed by atoms with Crippen LogP contribution in [0.15, 0.2) is 28.7 Å². The van der Waals surface area contributed by atoms with Crippen LogP contribution in [-0.2, 0) is 0 Å². The third-order valence-electron chi connectivity index (χ3n) is 3.06. The molecule has 0 saturated carbocycles. The zero-order valence-corrected chi connectivity index (χ0v) is 12.2. The second kappa shape index (κ2) is 6.41. The average Bonchev–Trinajstić information content (AvgIpc) is 2.25. The van der Waals surface area contributed by atoms with Gasteiger partial charge >= 0.3 is 0 Å². The van der Waals surface area contributed by atoms with Crippen molar-refractivity contribution in [1.29, 1.82) is 0 Å². The molecule has 1 unspecified atom stereocenters. The molecule has 0 radical (unpaired) electrons. The first-order valence-electron chi connectivity index (χ1n) is 6.06. The maximum atomic E-state index is 3.69. The van der Waals surface area contributed by atoms with Crippen molar-refractivity contribution in [3.05, 3.63) is 34.3 Å². The standard InChI is InChI=1S/C14H22BrN/c1-5-14(10(2)3)16-11(4)12-7-6-8-13(15)9-12/h6-11,14,16H,5H2,1-4H3/t11-,14?/m1/s1. The fourth-order valence-corrected chi connectivity index (χ4v) is 2.39. The molecule has 1 N–H and O–H groups in total. The van der Waals surface area contributed by atoms with E-state index in [1.54, 1.807) is 0 Å². The lowest BCUT2D eigenvalue weighted by Gasteiger charge is -2.25. The zero-order chi connectivity index (χ0) is 12.1. The van der Waals surface area contributed by atoms with Crippen molar-refractivity contribution in [3.63, 3.8) is 0 Å². The molecule has 0 aliphatic rings. The monoisotopic (exact) mass is 283 g/mol. The number of nitrogens with one attached hydrogen (secondary N) is 1. The van der Waals surface area contributed by atoms with E-state index in [1.807, 2.05) is 0 Å². The van der Waals surface area contributed by atoms with E-state index in [4.69, 9.17) is 0 Å². The van der Waals surface area contributed by atoms with Crippen molar-refractivity contribution in [1.82, 2.24) is 5.32 Å². The van der Waals surface area contributed by atoms with Gasteiger partial charge in [0.25, 0.3) is 0 Å². The highest BCUT2D eigenvalue weighted by atomic mass is 79.9. The molecule has 2 heteroatoms. The number of rotatable bonds is 5. The molecule has 0 aliphatic heterocycles. The summed E-state index contributed by atoms with van der Waals surface area (Å²) in [5.41, 5.74) is 1.34. The largest absolute Gasteiger partial charge is 0.307 e. The van der Waals surface area contributed by atoms with E-state index in [0.29, 0.717) is 18.0 Å². The Bertz CT molecular complexity index is 322. The van der Waals surface area contributed by atoms with Gasteiger partial charge in [-0.1, -0.05) is 48.8 Å². The second-order valence-electron chi connectivity index (χ2n) is 4.70. The summed E-state index contributed by atoms with van der Waals surface area (Å²) in [4.78, 5) is 0. The lowest BCUT2D eigenvalue weighted by molar-refractivity contribution is 0.356. The third kappa shape index (κ3) is 3.91. The van der Waals surface area contributed by atoms with Crippen LogP contribution in [0.25, 0.3) is 0 Å². The SMILES string of the molecule is CCC(N[C@H](C)c1cccc(Br)c1)C(C)C. The molecule has 0 spiro atoms. The number of halogens is 1. The summed E-state index contributed by atoms with van der Waals surface area (Å²) in [6.07, 6.45) is 1.18. The summed E-state index contributed by atoms with van der Waals surface area (Å²) in [5, 5.41) is 3.69. The van der Waals surface area contributed by atoms with Crippen LogP contribution in [0.4, 0.5) is 0 Å². The van der Waals surface area contributed by atoms with Gasteiger partial charge in [-0.15, -0.1) is 0 Å². The van der Waals surface area contributed by atoms with E-state index in [9.17, 15) is 0 Å². The molecule has 0 amide bonds. The molecule has 0 saturated heterocycles. The first-order valence-corrected chi connectivity index (χ1v) is 6.85. The third-order valence-corrected chi connectivity index (χ3v) is 3.55. The average molecular weight is 284 g/mol. The van der Waals surface area contributed by atoms with Crippen molar-refractivity contribution in [2.24, 2.45) is 5.92 Å². The summed E-state index contributed by atoms with van der Waals surface area (Å²) in [6, 6.07) is 9.52. The Hall–Kier alpha value is -0.340. The van der Waals surface area contributed by atoms with E-state index in [-0.39, 0.29) is 0 Å². The Balaban J connectivity index is 2.67. The van der Waals surface area contributed by atoms with Gasteiger partial charge in [-0.05, 0) is 37.0 Å². The maximum Gasteiger partial charge on any atom is 0.0294 e. The zero-order valence-electron chi connectivity index (χ0n) is 10.6. The predicted octanol–water partition coefficient (Wildman–Crippen LogP) is 4.53. The highest BCUT2D eigenvalue weighted by Crippen LogP contribution is 2.20. The molecule has 0 aliphatic carbocycles. The molecule has 1 rings (SSSR count). The normalized spacial score (nSPS) is 15.1. The minimum Gasteiger partial charge on any atom is -0.307 e. The lowest BCUT2D eigenvalue weighted by Crippen LogP contribution is -2.35. The van der Waals surface area contributed by atoms with Gasteiger partial charge in [0.05, 0.1) is 0 Å². The highest BCUT2D eigenvalue weighted by Gasteiger charge is 2.14. The number of hydrogen-bond acceptors (Lipinski definition) is 1. The maximum absolute atomic E-state index is 3.69. The van der Waals surface area contributed by atoms with Crippen molar-refractivity contribution < 1.29 is 0 Å². The Morgan fingerprint density at radius 1 is 1.25 bits per heavy atom. The van der Waals surface area contributed by atoms with Crippen molar-refractivity contribution >= 4 is 15.9 Å². The highest BCUT2D eigenvalue weighted by molar-refractivity contribution is 9.10. The molecule has 1 aromatic rings. The summed E-state index contributed by atoms with van der Waals surface area (Å²) in [6.45, 7) is 9.02. The van der Waals surface area contributed by atoms with Crippen molar-refractivity contribution in [3.8, 4) is 0 Å². The van der Waals surface area contributed by atoms with Crippen LogP contribution < -0.4 is 5.32 Å². The Labute approximate surface area is 108 Å². The van der Waals surface area contributed by atoms with Gasteiger partial charge in [0.1, 0.15) is 0 Å². The van der Waals surface area contributed by atoms with E-state index in [2.05, 4.69) is 73.2 Å². The first-order chi connectivity index (χ1) is 7.54. The predicted molar refractivity (Wildman–Crippen MR) is 74.6 cm³/mol. The van der Waals surface area contributed by atoms with Gasteiger partial charge in [-0.25, -0.2) is 0 Å². The Morgan fingerprint density at radius 2 is 1.94 bits per heavy atom. The molecule has 1 nitrogen and oxygen atoms in total. The number of benzene rings is 1. The van der Waals surface area contributed by atoms with Crippen LogP contribution >= 0.6 is 15.9 Å². The van der Waals surface area contributed by atoms with Gasteiger partial charge in [-0.2, -0.15) is 0 Å². The summed E-state index contributed by atoms with van der Waals surface area (Å²) < 4.78 is 1.15. The molecule has 16 heavy (non-hydrogen) atoms. The van der Waals surface area contributed by atoms with Gasteiger partial charge in [0.15, 0.2) is 0 Å². The van der Waals surface area contributed by atoms with Crippen molar-refractivity contribution in [2.45, 2.75) is 46.2 Å². The molecule has 1 aromatic carbocycles. The molecular formula is C14H22BrN. The summed E-state index contributed by atoms with van der Waals surface area (Å²) in [5.74, 6) is 0.680. The van der Waals surface area contributed by atoms with Crippen LogP contribution in [0.5, 0.6) is 0 Å². The van der Waals surface area contributed by atoms with Gasteiger partial charge < -0.3 is 5.32 Å². The van der Waals surface area contributed by atoms with Crippen LogP contribution in [0.1, 0.15) is 45.7 Å². The molecule has 0 bridgehead atoms. The minimum absolute atomic E-state index is 0.407. The first kappa shape index (κ1) is 13.7. The van der Waals surface area contributed by atoms with E-state index >= 15 is 0 Å². The van der Waals surface area contributed by atoms with Crippen LogP contribution in [0.3, 0.4) is 0 Å². The van der Waals surface area contributed by atoms with E-state index < -0.39 is 0 Å². The molecule has 90 valence electrons. The fraction of sp³-hybridized carbons (Fsp3) is 0.571. The van der Waals surface area contributed by atoms with Gasteiger partial charge in [-0.3, -0.25) is 0 Å². The Kier molecular flexibility index (Phi) is 5.50. The van der Waals surface area contributed by atoms with Crippen LogP contribution in [0.2, 0.25) is 0 Å². The van der Waals surface area contributed by atoms with Crippen molar-refractivity contribution in [2.75, 3.05) is 0 Å². The summed E-state index contributed by atoms with van der Waals surface area (Å²) >= 11 is 3.51. The fourth-order valence-electron chi connectivity index (χ4n) is 1.97. The summed E-state index contributed by atoms with van der Waals surface area (Å²) in [7, 11) is 0. The smallest absolute Gasteiger partial charge is 0.0294 e. The van der Waals surface area contributed by atoms with Gasteiger partial charge in [0.2, 0.25) is 0 Å². The number of hydrogen-bond donors (Lipinski definition) is 1. The molecule has 0 fully saturated rings. The van der Waals surface area contributed by atoms with E-state index in [0.717, 1.165) is 4.47 Å². The van der Waals surface area contributed by atoms with Crippen LogP contribution in [-0.4, -0.2) is 6.04 Å². The molecule has 2 atom stereocenters. The molecular weight excluding hydrogens is 262 g/mol. The minimum atomic E-state index is 0.407. The second-order valence-corrected chi connectivity index (χ2v) is 5.62. The topological polar surface area (TPSA) is 12.0 Å². The lowest BCUT2D eigenvalue weighted by atomic mass is 9.99. The van der Waals surface area contributed by atoms with E-state index in [1.165, 1.54) is 12.0 Å². The quantitative estimate of drug-likeness (QED) is 0.837. The molecule has 0 heterocycles. The van der Waals surface area contributed by atoms with Crippen LogP contribution in [0, 0.1) is 5.92 Å². The Morgan fingerprint density at radius 3 is 2.44 bits per heavy atom. The van der Waals surface area contributed by atoms with Gasteiger partial charge in [0, 0.05) is 16.6 Å². The molecule has 0 aromatic heterocycles.